The molecule has 1 fully saturated rings. The average molecular weight is 487 g/mol. The highest BCUT2D eigenvalue weighted by molar-refractivity contribution is 6.05. The summed E-state index contributed by atoms with van der Waals surface area (Å²) >= 11 is 0. The molecule has 5 rings (SSSR count). The standard InChI is InChI=1S/C29H28N2O5.H2/c1-4-24(32)22-11-10-21(16-23(22)18-5-7-19(8-6-18)27(33)31(2)3)30-28(34)29(13-14-29)20-9-12-25-26(15-20)36-17-35-25;/h5-12,15-16H,4,13-14,17H2,1-3H3,(H,30,34);1H. The summed E-state index contributed by atoms with van der Waals surface area (Å²) in [6.45, 7) is 2.01. The number of ketones is 1. The Hall–Kier alpha value is -4.13. The summed E-state index contributed by atoms with van der Waals surface area (Å²) in [4.78, 5) is 39.9. The summed E-state index contributed by atoms with van der Waals surface area (Å²) in [5.41, 5.74) is 3.58. The lowest BCUT2D eigenvalue weighted by atomic mass is 9.93. The lowest BCUT2D eigenvalue weighted by molar-refractivity contribution is -0.118. The number of carbonyl (C=O) groups is 3. The minimum absolute atomic E-state index is 0. The van der Waals surface area contributed by atoms with Crippen LogP contribution in [0.1, 0.15) is 53.9 Å². The van der Waals surface area contributed by atoms with Gasteiger partial charge in [-0.3, -0.25) is 14.4 Å². The number of rotatable bonds is 7. The molecule has 0 saturated heterocycles. The lowest BCUT2D eigenvalue weighted by Crippen LogP contribution is -2.27. The first-order valence-corrected chi connectivity index (χ1v) is 12.0. The first-order valence-electron chi connectivity index (χ1n) is 12.0. The van der Waals surface area contributed by atoms with Crippen molar-refractivity contribution < 1.29 is 25.3 Å². The molecule has 36 heavy (non-hydrogen) atoms. The number of ether oxygens (including phenoxy) is 2. The van der Waals surface area contributed by atoms with E-state index in [1.54, 1.807) is 38.4 Å². The van der Waals surface area contributed by atoms with Gasteiger partial charge in [-0.15, -0.1) is 0 Å². The molecule has 0 bridgehead atoms. The Morgan fingerprint density at radius 3 is 2.33 bits per heavy atom. The molecule has 7 nitrogen and oxygen atoms in total. The van der Waals surface area contributed by atoms with Crippen molar-refractivity contribution in [2.45, 2.75) is 31.6 Å². The van der Waals surface area contributed by atoms with Crippen molar-refractivity contribution in [2.75, 3.05) is 26.2 Å². The number of Topliss-reactive ketones (excluding diaryl/α,β-unsaturated/α-hetero) is 1. The third-order valence-electron chi connectivity index (χ3n) is 6.86. The number of amides is 2. The second kappa shape index (κ2) is 9.15. The highest BCUT2D eigenvalue weighted by Gasteiger charge is 2.51. The average Bonchev–Trinajstić information content (AvgIpc) is 3.58. The molecule has 1 aliphatic carbocycles. The van der Waals surface area contributed by atoms with Crippen LogP contribution in [0.3, 0.4) is 0 Å². The van der Waals surface area contributed by atoms with Crippen LogP contribution in [0.4, 0.5) is 5.69 Å². The summed E-state index contributed by atoms with van der Waals surface area (Å²) in [7, 11) is 3.41. The van der Waals surface area contributed by atoms with Crippen molar-refractivity contribution in [2.24, 2.45) is 0 Å². The van der Waals surface area contributed by atoms with Crippen molar-refractivity contribution in [1.82, 2.24) is 4.90 Å². The Morgan fingerprint density at radius 1 is 0.944 bits per heavy atom. The number of hydrogen-bond acceptors (Lipinski definition) is 5. The second-order valence-electron chi connectivity index (χ2n) is 9.42. The number of carbonyl (C=O) groups excluding carboxylic acids is 3. The van der Waals surface area contributed by atoms with E-state index in [4.69, 9.17) is 9.47 Å². The van der Waals surface area contributed by atoms with Crippen LogP contribution < -0.4 is 14.8 Å². The molecule has 2 amide bonds. The van der Waals surface area contributed by atoms with Gasteiger partial charge in [0, 0.05) is 38.8 Å². The van der Waals surface area contributed by atoms with Gasteiger partial charge in [-0.1, -0.05) is 25.1 Å². The molecule has 0 unspecified atom stereocenters. The molecule has 0 aromatic heterocycles. The van der Waals surface area contributed by atoms with Crippen LogP contribution in [-0.2, 0) is 10.2 Å². The Kier molecular flexibility index (Phi) is 6.00. The second-order valence-corrected chi connectivity index (χ2v) is 9.42. The zero-order chi connectivity index (χ0) is 25.4. The third kappa shape index (κ3) is 4.21. The van der Waals surface area contributed by atoms with E-state index in [1.165, 1.54) is 4.90 Å². The Bertz CT molecular complexity index is 1360. The molecule has 0 radical (unpaired) electrons. The van der Waals surface area contributed by atoms with E-state index in [0.29, 0.717) is 34.7 Å². The normalized spacial score (nSPS) is 14.8. The van der Waals surface area contributed by atoms with E-state index in [0.717, 1.165) is 29.5 Å². The van der Waals surface area contributed by atoms with Gasteiger partial charge in [0.25, 0.3) is 5.91 Å². The van der Waals surface area contributed by atoms with Crippen LogP contribution in [0.5, 0.6) is 11.5 Å². The van der Waals surface area contributed by atoms with Crippen LogP contribution in [-0.4, -0.2) is 43.4 Å². The largest absolute Gasteiger partial charge is 0.454 e. The molecule has 1 aliphatic heterocycles. The predicted molar refractivity (Wildman–Crippen MR) is 139 cm³/mol. The number of hydrogen-bond donors (Lipinski definition) is 1. The maximum absolute atomic E-state index is 13.4. The quantitative estimate of drug-likeness (QED) is 0.459. The van der Waals surface area contributed by atoms with Crippen LogP contribution in [0, 0.1) is 0 Å². The van der Waals surface area contributed by atoms with Gasteiger partial charge in [-0.2, -0.15) is 0 Å². The Morgan fingerprint density at radius 2 is 1.67 bits per heavy atom. The highest BCUT2D eigenvalue weighted by Crippen LogP contribution is 2.51. The molecule has 1 N–H and O–H groups in total. The van der Waals surface area contributed by atoms with E-state index in [2.05, 4.69) is 5.32 Å². The van der Waals surface area contributed by atoms with Gasteiger partial charge in [0.1, 0.15) is 0 Å². The van der Waals surface area contributed by atoms with Crippen molar-refractivity contribution in [1.29, 1.82) is 0 Å². The third-order valence-corrected chi connectivity index (χ3v) is 6.86. The van der Waals surface area contributed by atoms with Crippen molar-refractivity contribution >= 4 is 23.3 Å². The molecular formula is C29H30N2O5. The molecule has 3 aromatic rings. The van der Waals surface area contributed by atoms with Crippen LogP contribution in [0.2, 0.25) is 0 Å². The summed E-state index contributed by atoms with van der Waals surface area (Å²) in [5, 5.41) is 3.07. The van der Waals surface area contributed by atoms with Gasteiger partial charge >= 0.3 is 0 Å². The van der Waals surface area contributed by atoms with Gasteiger partial charge < -0.3 is 19.7 Å². The Balaban J connectivity index is 0.00000320. The van der Waals surface area contributed by atoms with Crippen molar-refractivity contribution in [3.63, 3.8) is 0 Å². The van der Waals surface area contributed by atoms with E-state index in [1.807, 2.05) is 43.3 Å². The molecular weight excluding hydrogens is 456 g/mol. The van der Waals surface area contributed by atoms with Crippen LogP contribution >= 0.6 is 0 Å². The first-order chi connectivity index (χ1) is 17.3. The number of nitrogens with zero attached hydrogens (tertiary/aromatic N) is 1. The SMILES string of the molecule is CCC(=O)c1ccc(NC(=O)C2(c3ccc4c(c3)OCO4)CC2)cc1-c1ccc(C(=O)N(C)C)cc1.[HH]. The molecule has 1 heterocycles. The number of nitrogens with one attached hydrogen (secondary N) is 1. The monoisotopic (exact) mass is 486 g/mol. The van der Waals surface area contributed by atoms with Gasteiger partial charge in [0.05, 0.1) is 5.41 Å². The first kappa shape index (κ1) is 23.6. The predicted octanol–water partition coefficient (Wildman–Crippen LogP) is 5.29. The number of fused-ring (bicyclic) bond motifs is 1. The number of anilines is 1. The maximum atomic E-state index is 13.4. The van der Waals surface area contributed by atoms with Gasteiger partial charge in [0.2, 0.25) is 12.7 Å². The summed E-state index contributed by atoms with van der Waals surface area (Å²) in [5.74, 6) is 1.18. The zero-order valence-corrected chi connectivity index (χ0v) is 20.6. The van der Waals surface area contributed by atoms with Crippen molar-refractivity contribution in [3.8, 4) is 22.6 Å². The van der Waals surface area contributed by atoms with E-state index >= 15 is 0 Å². The highest BCUT2D eigenvalue weighted by atomic mass is 16.7. The van der Waals surface area contributed by atoms with Crippen molar-refractivity contribution in [3.05, 3.63) is 77.4 Å². The molecule has 3 aromatic carbocycles. The lowest BCUT2D eigenvalue weighted by Gasteiger charge is -2.18. The smallest absolute Gasteiger partial charge is 0.253 e. The Labute approximate surface area is 211 Å². The molecule has 7 heteroatoms. The van der Waals surface area contributed by atoms with Gasteiger partial charge in [0.15, 0.2) is 17.3 Å². The van der Waals surface area contributed by atoms with Crippen LogP contribution in [0.25, 0.3) is 11.1 Å². The fourth-order valence-electron chi connectivity index (χ4n) is 4.56. The summed E-state index contributed by atoms with van der Waals surface area (Å²) in [6, 6.07) is 18.2. The summed E-state index contributed by atoms with van der Waals surface area (Å²) in [6.07, 6.45) is 1.86. The van der Waals surface area contributed by atoms with Gasteiger partial charge in [-0.25, -0.2) is 0 Å². The van der Waals surface area contributed by atoms with Gasteiger partial charge in [-0.05, 0) is 72.0 Å². The van der Waals surface area contributed by atoms with E-state index in [-0.39, 0.29) is 25.8 Å². The van der Waals surface area contributed by atoms with E-state index < -0.39 is 5.41 Å². The molecule has 186 valence electrons. The fraction of sp³-hybridized carbons (Fsp3) is 0.276. The maximum Gasteiger partial charge on any atom is 0.253 e. The van der Waals surface area contributed by atoms with Crippen LogP contribution in [0.15, 0.2) is 60.7 Å². The minimum atomic E-state index is -0.604. The van der Waals surface area contributed by atoms with E-state index in [9.17, 15) is 14.4 Å². The molecule has 0 spiro atoms. The summed E-state index contributed by atoms with van der Waals surface area (Å²) < 4.78 is 10.9. The topological polar surface area (TPSA) is 84.9 Å². The molecule has 0 atom stereocenters. The molecule has 1 saturated carbocycles. The molecule has 2 aliphatic rings. The fourth-order valence-corrected chi connectivity index (χ4v) is 4.56. The zero-order valence-electron chi connectivity index (χ0n) is 20.6. The minimum Gasteiger partial charge on any atom is -0.454 e. The number of benzene rings is 3.